The average molecular weight is 367 g/mol. The Balaban J connectivity index is 1.56. The van der Waals surface area contributed by atoms with Crippen LogP contribution in [0.1, 0.15) is 30.3 Å². The quantitative estimate of drug-likeness (QED) is 0.406. The minimum Gasteiger partial charge on any atom is -0.494 e. The van der Waals surface area contributed by atoms with Crippen molar-refractivity contribution in [3.05, 3.63) is 59.1 Å². The summed E-state index contributed by atoms with van der Waals surface area (Å²) in [5.41, 5.74) is 2.07. The first kappa shape index (κ1) is 18.1. The normalized spacial score (nSPS) is 11.1. The van der Waals surface area contributed by atoms with Gasteiger partial charge in [0.2, 0.25) is 0 Å². The number of fused-ring (bicyclic) bond motifs is 1. The van der Waals surface area contributed by atoms with Gasteiger partial charge in [-0.1, -0.05) is 30.3 Å². The number of rotatable bonds is 8. The van der Waals surface area contributed by atoms with Crippen molar-refractivity contribution in [2.75, 3.05) is 13.2 Å². The van der Waals surface area contributed by atoms with E-state index >= 15 is 0 Å². The van der Waals surface area contributed by atoms with Crippen LogP contribution in [-0.2, 0) is 9.53 Å². The molecule has 134 valence electrons. The predicted molar refractivity (Wildman–Crippen MR) is 106 cm³/mol. The lowest BCUT2D eigenvalue weighted by molar-refractivity contribution is -0.143. The summed E-state index contributed by atoms with van der Waals surface area (Å²) in [7, 11) is 0. The van der Waals surface area contributed by atoms with Gasteiger partial charge in [0.1, 0.15) is 10.8 Å². The molecule has 2 aromatic carbocycles. The van der Waals surface area contributed by atoms with Crippen molar-refractivity contribution in [3.63, 3.8) is 0 Å². The molecule has 4 nitrogen and oxygen atoms in total. The van der Waals surface area contributed by atoms with E-state index in [1.165, 1.54) is 4.70 Å². The minimum atomic E-state index is -0.177. The number of hydrogen-bond acceptors (Lipinski definition) is 5. The fourth-order valence-electron chi connectivity index (χ4n) is 2.48. The number of ether oxygens (including phenoxy) is 2. The number of esters is 1. The Bertz CT molecular complexity index is 868. The third-order valence-electron chi connectivity index (χ3n) is 3.69. The van der Waals surface area contributed by atoms with Gasteiger partial charge in [-0.3, -0.25) is 4.79 Å². The Morgan fingerprint density at radius 1 is 1.15 bits per heavy atom. The molecule has 0 radical (unpaired) electrons. The summed E-state index contributed by atoms with van der Waals surface area (Å²) in [6.45, 7) is 2.72. The number of carbonyl (C=O) groups is 1. The smallest absolute Gasteiger partial charge is 0.305 e. The van der Waals surface area contributed by atoms with Gasteiger partial charge in [-0.15, -0.1) is 11.3 Å². The largest absolute Gasteiger partial charge is 0.494 e. The maximum absolute atomic E-state index is 11.3. The van der Waals surface area contributed by atoms with Gasteiger partial charge in [-0.25, -0.2) is 4.98 Å². The number of para-hydroxylation sites is 1. The van der Waals surface area contributed by atoms with Gasteiger partial charge in [0, 0.05) is 6.42 Å². The van der Waals surface area contributed by atoms with E-state index in [1.807, 2.05) is 61.5 Å². The molecule has 0 saturated heterocycles. The van der Waals surface area contributed by atoms with Gasteiger partial charge in [-0.2, -0.15) is 0 Å². The highest BCUT2D eigenvalue weighted by molar-refractivity contribution is 7.19. The molecule has 0 fully saturated rings. The van der Waals surface area contributed by atoms with Crippen molar-refractivity contribution < 1.29 is 14.3 Å². The van der Waals surface area contributed by atoms with Crippen molar-refractivity contribution >= 4 is 39.7 Å². The molecule has 5 heteroatoms. The van der Waals surface area contributed by atoms with Crippen molar-refractivity contribution in [1.29, 1.82) is 0 Å². The van der Waals surface area contributed by atoms with Crippen LogP contribution in [0.2, 0.25) is 0 Å². The molecule has 0 spiro atoms. The first-order valence-electron chi connectivity index (χ1n) is 8.67. The summed E-state index contributed by atoms with van der Waals surface area (Å²) in [5.74, 6) is 0.615. The Kier molecular flexibility index (Phi) is 6.39. The monoisotopic (exact) mass is 367 g/mol. The number of benzene rings is 2. The Morgan fingerprint density at radius 2 is 2.04 bits per heavy atom. The lowest BCUT2D eigenvalue weighted by Crippen LogP contribution is -2.06. The van der Waals surface area contributed by atoms with E-state index in [0.717, 1.165) is 21.8 Å². The topological polar surface area (TPSA) is 48.4 Å². The third-order valence-corrected chi connectivity index (χ3v) is 4.69. The SMILES string of the molecule is CCOC(=O)CCCOc1cccc(/C=C/c2nc3ccccc3s2)c1. The summed E-state index contributed by atoms with van der Waals surface area (Å²) in [6, 6.07) is 16.0. The first-order valence-corrected chi connectivity index (χ1v) is 9.48. The van der Waals surface area contributed by atoms with E-state index in [9.17, 15) is 4.79 Å². The van der Waals surface area contributed by atoms with E-state index in [2.05, 4.69) is 11.1 Å². The molecule has 1 aromatic heterocycles. The number of nitrogens with zero attached hydrogens (tertiary/aromatic N) is 1. The molecule has 0 atom stereocenters. The molecule has 3 aromatic rings. The van der Waals surface area contributed by atoms with Crippen molar-refractivity contribution in [2.24, 2.45) is 0 Å². The average Bonchev–Trinajstić information content (AvgIpc) is 3.07. The molecular formula is C21H21NO3S. The Hall–Kier alpha value is -2.66. The standard InChI is InChI=1S/C21H21NO3S/c1-2-24-21(23)11-6-14-25-17-8-5-7-16(15-17)12-13-20-22-18-9-3-4-10-19(18)26-20/h3-5,7-10,12-13,15H,2,6,11,14H2,1H3/b13-12+. The van der Waals surface area contributed by atoms with Gasteiger partial charge in [0.25, 0.3) is 0 Å². The van der Waals surface area contributed by atoms with Crippen LogP contribution < -0.4 is 4.74 Å². The second kappa shape index (κ2) is 9.15. The zero-order chi connectivity index (χ0) is 18.2. The van der Waals surface area contributed by atoms with E-state index in [0.29, 0.717) is 26.1 Å². The molecule has 3 rings (SSSR count). The van der Waals surface area contributed by atoms with Crippen LogP contribution in [0.3, 0.4) is 0 Å². The molecule has 0 aliphatic rings. The van der Waals surface area contributed by atoms with Crippen LogP contribution in [-0.4, -0.2) is 24.2 Å². The Labute approximate surface area is 157 Å². The van der Waals surface area contributed by atoms with E-state index < -0.39 is 0 Å². The van der Waals surface area contributed by atoms with Crippen LogP contribution in [0.4, 0.5) is 0 Å². The fraction of sp³-hybridized carbons (Fsp3) is 0.238. The van der Waals surface area contributed by atoms with Crippen LogP contribution in [0.5, 0.6) is 5.75 Å². The molecule has 0 N–H and O–H groups in total. The van der Waals surface area contributed by atoms with Crippen LogP contribution in [0, 0.1) is 0 Å². The van der Waals surface area contributed by atoms with E-state index in [-0.39, 0.29) is 5.97 Å². The lowest BCUT2D eigenvalue weighted by Gasteiger charge is -2.06. The highest BCUT2D eigenvalue weighted by atomic mass is 32.1. The van der Waals surface area contributed by atoms with Crippen molar-refractivity contribution in [3.8, 4) is 5.75 Å². The fourth-order valence-corrected chi connectivity index (χ4v) is 3.35. The molecule has 0 saturated carbocycles. The second-order valence-corrected chi connectivity index (χ2v) is 6.74. The van der Waals surface area contributed by atoms with Gasteiger partial charge >= 0.3 is 5.97 Å². The predicted octanol–water partition coefficient (Wildman–Crippen LogP) is 5.19. The molecule has 0 aliphatic carbocycles. The van der Waals surface area contributed by atoms with Crippen LogP contribution >= 0.6 is 11.3 Å². The highest BCUT2D eigenvalue weighted by Gasteiger charge is 2.02. The molecule has 0 bridgehead atoms. The molecule has 26 heavy (non-hydrogen) atoms. The lowest BCUT2D eigenvalue weighted by atomic mass is 10.2. The van der Waals surface area contributed by atoms with Crippen LogP contribution in [0.25, 0.3) is 22.4 Å². The third kappa shape index (κ3) is 5.17. The molecule has 0 unspecified atom stereocenters. The molecular weight excluding hydrogens is 346 g/mol. The minimum absolute atomic E-state index is 0.177. The maximum atomic E-state index is 11.3. The first-order chi connectivity index (χ1) is 12.7. The Morgan fingerprint density at radius 3 is 2.88 bits per heavy atom. The zero-order valence-corrected chi connectivity index (χ0v) is 15.5. The van der Waals surface area contributed by atoms with E-state index in [4.69, 9.17) is 9.47 Å². The maximum Gasteiger partial charge on any atom is 0.305 e. The van der Waals surface area contributed by atoms with Crippen molar-refractivity contribution in [1.82, 2.24) is 4.98 Å². The number of carbonyl (C=O) groups excluding carboxylic acids is 1. The number of aromatic nitrogens is 1. The van der Waals surface area contributed by atoms with E-state index in [1.54, 1.807) is 11.3 Å². The summed E-state index contributed by atoms with van der Waals surface area (Å²) in [5, 5.41) is 0.979. The second-order valence-electron chi connectivity index (χ2n) is 5.68. The van der Waals surface area contributed by atoms with Gasteiger partial charge in [-0.05, 0) is 49.2 Å². The summed E-state index contributed by atoms with van der Waals surface area (Å²) >= 11 is 1.67. The highest BCUT2D eigenvalue weighted by Crippen LogP contribution is 2.23. The zero-order valence-electron chi connectivity index (χ0n) is 14.7. The van der Waals surface area contributed by atoms with Gasteiger partial charge in [0.15, 0.2) is 0 Å². The molecule has 0 amide bonds. The van der Waals surface area contributed by atoms with Gasteiger partial charge < -0.3 is 9.47 Å². The molecule has 0 aliphatic heterocycles. The van der Waals surface area contributed by atoms with Crippen LogP contribution in [0.15, 0.2) is 48.5 Å². The number of hydrogen-bond donors (Lipinski definition) is 0. The summed E-state index contributed by atoms with van der Waals surface area (Å²) in [4.78, 5) is 15.9. The molecule has 1 heterocycles. The summed E-state index contributed by atoms with van der Waals surface area (Å²) in [6.07, 6.45) is 5.07. The van der Waals surface area contributed by atoms with Crippen molar-refractivity contribution in [2.45, 2.75) is 19.8 Å². The number of thiazole rings is 1. The van der Waals surface area contributed by atoms with Gasteiger partial charge in [0.05, 0.1) is 23.4 Å². The summed E-state index contributed by atoms with van der Waals surface area (Å²) < 4.78 is 11.8.